The molecule has 0 aromatic carbocycles. The fraction of sp³-hybridized carbons (Fsp3) is 0.500. The highest BCUT2D eigenvalue weighted by molar-refractivity contribution is 8.00. The monoisotopic (exact) mass is 293 g/mol. The number of morpholine rings is 1. The Morgan fingerprint density at radius 3 is 3.00 bits per heavy atom. The van der Waals surface area contributed by atoms with E-state index >= 15 is 0 Å². The van der Waals surface area contributed by atoms with E-state index in [-0.39, 0.29) is 5.91 Å². The van der Waals surface area contributed by atoms with Gasteiger partial charge < -0.3 is 9.64 Å². The van der Waals surface area contributed by atoms with Crippen molar-refractivity contribution in [1.82, 2.24) is 24.6 Å². The molecule has 2 aromatic rings. The van der Waals surface area contributed by atoms with Crippen LogP contribution in [-0.2, 0) is 16.6 Å². The van der Waals surface area contributed by atoms with Crippen molar-refractivity contribution in [3.05, 3.63) is 12.5 Å². The Bertz CT molecular complexity index is 623. The molecule has 0 radical (unpaired) electrons. The molecule has 3 rings (SSSR count). The molecule has 0 spiro atoms. The number of aromatic nitrogens is 4. The average Bonchev–Trinajstić information content (AvgIpc) is 2.88. The third kappa shape index (κ3) is 2.61. The highest BCUT2D eigenvalue weighted by Crippen LogP contribution is 2.24. The van der Waals surface area contributed by atoms with Crippen molar-refractivity contribution in [3.8, 4) is 0 Å². The number of hydrogen-bond donors (Lipinski definition) is 0. The van der Waals surface area contributed by atoms with Crippen molar-refractivity contribution < 1.29 is 9.53 Å². The summed E-state index contributed by atoms with van der Waals surface area (Å²) in [6, 6.07) is 0. The summed E-state index contributed by atoms with van der Waals surface area (Å²) < 4.78 is 6.94. The number of nitrogens with zero attached hydrogens (tertiary/aromatic N) is 5. The topological polar surface area (TPSA) is 73.1 Å². The Morgan fingerprint density at radius 2 is 2.20 bits per heavy atom. The number of thioether (sulfide) groups is 1. The third-order valence-electron chi connectivity index (χ3n) is 3.19. The van der Waals surface area contributed by atoms with Crippen molar-refractivity contribution >= 4 is 28.7 Å². The molecule has 20 heavy (non-hydrogen) atoms. The molecule has 0 bridgehead atoms. The van der Waals surface area contributed by atoms with Crippen LogP contribution in [0.15, 0.2) is 17.6 Å². The molecule has 0 aliphatic carbocycles. The molecule has 106 valence electrons. The minimum absolute atomic E-state index is 0.119. The van der Waals surface area contributed by atoms with Gasteiger partial charge in [0.25, 0.3) is 0 Å². The maximum absolute atomic E-state index is 12.1. The molecule has 0 saturated carbocycles. The second kappa shape index (κ2) is 5.76. The highest BCUT2D eigenvalue weighted by Gasteiger charge is 2.18. The van der Waals surface area contributed by atoms with Gasteiger partial charge in [-0.25, -0.2) is 9.97 Å². The highest BCUT2D eigenvalue weighted by atomic mass is 32.2. The van der Waals surface area contributed by atoms with Crippen LogP contribution in [0.3, 0.4) is 0 Å². The van der Waals surface area contributed by atoms with Gasteiger partial charge in [0.2, 0.25) is 5.91 Å². The molecule has 3 heterocycles. The maximum Gasteiger partial charge on any atom is 0.233 e. The van der Waals surface area contributed by atoms with E-state index in [9.17, 15) is 4.79 Å². The van der Waals surface area contributed by atoms with E-state index in [1.807, 2.05) is 11.9 Å². The number of rotatable bonds is 3. The predicted molar refractivity (Wildman–Crippen MR) is 74.4 cm³/mol. The van der Waals surface area contributed by atoms with E-state index in [0.29, 0.717) is 32.1 Å². The maximum atomic E-state index is 12.1. The first-order valence-corrected chi connectivity index (χ1v) is 7.35. The van der Waals surface area contributed by atoms with Gasteiger partial charge in [0.05, 0.1) is 30.5 Å². The predicted octanol–water partition coefficient (Wildman–Crippen LogP) is 0.314. The van der Waals surface area contributed by atoms with Crippen LogP contribution in [-0.4, -0.2) is 62.6 Å². The second-order valence-corrected chi connectivity index (χ2v) is 5.43. The Morgan fingerprint density at radius 1 is 1.40 bits per heavy atom. The Hall–Kier alpha value is -1.67. The van der Waals surface area contributed by atoms with Gasteiger partial charge >= 0.3 is 0 Å². The van der Waals surface area contributed by atoms with Crippen LogP contribution in [0.25, 0.3) is 11.0 Å². The van der Waals surface area contributed by atoms with E-state index in [2.05, 4.69) is 15.1 Å². The van der Waals surface area contributed by atoms with Gasteiger partial charge in [0, 0.05) is 20.1 Å². The van der Waals surface area contributed by atoms with Crippen molar-refractivity contribution in [2.45, 2.75) is 5.03 Å². The number of carbonyl (C=O) groups is 1. The van der Waals surface area contributed by atoms with Crippen LogP contribution in [0.5, 0.6) is 0 Å². The van der Waals surface area contributed by atoms with Gasteiger partial charge in [-0.2, -0.15) is 5.10 Å². The first kappa shape index (κ1) is 13.3. The van der Waals surface area contributed by atoms with Crippen LogP contribution >= 0.6 is 11.8 Å². The minimum atomic E-state index is 0.119. The lowest BCUT2D eigenvalue weighted by Crippen LogP contribution is -2.41. The average molecular weight is 293 g/mol. The van der Waals surface area contributed by atoms with Crippen molar-refractivity contribution in [1.29, 1.82) is 0 Å². The summed E-state index contributed by atoms with van der Waals surface area (Å²) in [7, 11) is 1.84. The molecule has 1 fully saturated rings. The zero-order valence-corrected chi connectivity index (χ0v) is 12.0. The number of hydrogen-bond acceptors (Lipinski definition) is 6. The van der Waals surface area contributed by atoms with E-state index in [4.69, 9.17) is 4.74 Å². The summed E-state index contributed by atoms with van der Waals surface area (Å²) in [5.41, 5.74) is 0.779. The molecule has 1 amide bonds. The van der Waals surface area contributed by atoms with Crippen LogP contribution in [0, 0.1) is 0 Å². The lowest BCUT2D eigenvalue weighted by atomic mass is 10.4. The van der Waals surface area contributed by atoms with Crippen molar-refractivity contribution in [2.75, 3.05) is 32.1 Å². The smallest absolute Gasteiger partial charge is 0.233 e. The molecule has 0 unspecified atom stereocenters. The van der Waals surface area contributed by atoms with Crippen LogP contribution in [0.4, 0.5) is 0 Å². The zero-order chi connectivity index (χ0) is 13.9. The van der Waals surface area contributed by atoms with Crippen LogP contribution in [0.2, 0.25) is 0 Å². The number of ether oxygens (including phenoxy) is 1. The zero-order valence-electron chi connectivity index (χ0n) is 11.2. The molecular weight excluding hydrogens is 278 g/mol. The fourth-order valence-electron chi connectivity index (χ4n) is 2.09. The van der Waals surface area contributed by atoms with E-state index in [0.717, 1.165) is 16.1 Å². The first-order chi connectivity index (χ1) is 9.75. The molecule has 7 nitrogen and oxygen atoms in total. The van der Waals surface area contributed by atoms with Crippen LogP contribution in [0.1, 0.15) is 0 Å². The summed E-state index contributed by atoms with van der Waals surface area (Å²) in [6.07, 6.45) is 3.24. The quantitative estimate of drug-likeness (QED) is 0.599. The summed E-state index contributed by atoms with van der Waals surface area (Å²) in [4.78, 5) is 22.4. The van der Waals surface area contributed by atoms with Gasteiger partial charge in [0.1, 0.15) is 11.4 Å². The largest absolute Gasteiger partial charge is 0.378 e. The van der Waals surface area contributed by atoms with Gasteiger partial charge in [0.15, 0.2) is 5.65 Å². The van der Waals surface area contributed by atoms with Gasteiger partial charge in [-0.1, -0.05) is 11.8 Å². The van der Waals surface area contributed by atoms with E-state index < -0.39 is 0 Å². The van der Waals surface area contributed by atoms with Gasteiger partial charge in [-0.15, -0.1) is 0 Å². The molecular formula is C12H15N5O2S. The minimum Gasteiger partial charge on any atom is -0.378 e. The molecule has 0 N–H and O–H groups in total. The lowest BCUT2D eigenvalue weighted by Gasteiger charge is -2.26. The molecule has 1 aliphatic heterocycles. The second-order valence-electron chi connectivity index (χ2n) is 4.47. The molecule has 0 atom stereocenters. The fourth-order valence-corrected chi connectivity index (χ4v) is 2.95. The standard InChI is InChI=1S/C12H15N5O2S/c1-16-11-9(6-15-16)12(14-8-13-11)20-7-10(18)17-2-4-19-5-3-17/h6,8H,2-5,7H2,1H3. The van der Waals surface area contributed by atoms with Crippen molar-refractivity contribution in [2.24, 2.45) is 7.05 Å². The summed E-state index contributed by atoms with van der Waals surface area (Å²) in [6.45, 7) is 2.59. The molecule has 1 aliphatic rings. The number of amides is 1. The first-order valence-electron chi connectivity index (χ1n) is 6.37. The Kier molecular flexibility index (Phi) is 3.83. The molecule has 1 saturated heterocycles. The summed E-state index contributed by atoms with van der Waals surface area (Å²) in [5, 5.41) is 5.84. The normalized spacial score (nSPS) is 15.8. The van der Waals surface area contributed by atoms with E-state index in [1.54, 1.807) is 10.9 Å². The summed E-state index contributed by atoms with van der Waals surface area (Å²) >= 11 is 1.43. The lowest BCUT2D eigenvalue weighted by molar-refractivity contribution is -0.132. The number of fused-ring (bicyclic) bond motifs is 1. The third-order valence-corrected chi connectivity index (χ3v) is 4.18. The van der Waals surface area contributed by atoms with Crippen molar-refractivity contribution in [3.63, 3.8) is 0 Å². The number of carbonyl (C=O) groups excluding carboxylic acids is 1. The SMILES string of the molecule is Cn1ncc2c(SCC(=O)N3CCOCC3)ncnc21. The summed E-state index contributed by atoms with van der Waals surface area (Å²) in [5.74, 6) is 0.495. The van der Waals surface area contributed by atoms with Crippen LogP contribution < -0.4 is 0 Å². The van der Waals surface area contributed by atoms with Gasteiger partial charge in [-0.3, -0.25) is 9.48 Å². The Balaban J connectivity index is 1.69. The molecule has 8 heteroatoms. The van der Waals surface area contributed by atoms with E-state index in [1.165, 1.54) is 18.1 Å². The molecule has 2 aromatic heterocycles. The number of aryl methyl sites for hydroxylation is 1. The Labute approximate surface area is 120 Å². The van der Waals surface area contributed by atoms with Gasteiger partial charge in [-0.05, 0) is 0 Å².